The molecule has 5 N–H and O–H groups in total. The number of phosphoric ester groups is 2. The van der Waals surface area contributed by atoms with Gasteiger partial charge >= 0.3 is 15.6 Å². The third-order valence-corrected chi connectivity index (χ3v) is 2.14. The lowest BCUT2D eigenvalue weighted by Gasteiger charge is -2.20. The Morgan fingerprint density at radius 2 is 1.31 bits per heavy atom. The van der Waals surface area contributed by atoms with E-state index >= 15 is 0 Å². The summed E-state index contributed by atoms with van der Waals surface area (Å²) in [7, 11) is -9.36. The molecule has 0 aliphatic heterocycles. The van der Waals surface area contributed by atoms with Crippen LogP contribution in [0, 0.1) is 0 Å². The quantitative estimate of drug-likeness (QED) is 0.259. The zero-order chi connectivity index (χ0) is 12.8. The first-order valence-corrected chi connectivity index (χ1v) is 6.93. The normalized spacial score (nSPS) is 13.4. The number of hydrogen-bond acceptors (Lipinski definition) is 6. The van der Waals surface area contributed by atoms with E-state index < -0.39 is 35.7 Å². The van der Waals surface area contributed by atoms with Crippen molar-refractivity contribution >= 4 is 15.6 Å². The molecular weight excluding hydrogens is 268 g/mol. The molecule has 10 nitrogen and oxygen atoms in total. The second kappa shape index (κ2) is 6.77. The highest BCUT2D eigenvalue weighted by molar-refractivity contribution is 7.46. The highest BCUT2D eigenvalue weighted by Crippen LogP contribution is 2.37. The molecule has 0 aliphatic rings. The summed E-state index contributed by atoms with van der Waals surface area (Å²) < 4.78 is 28.8. The summed E-state index contributed by atoms with van der Waals surface area (Å²) in [6.07, 6.45) is 0. The van der Waals surface area contributed by atoms with Crippen molar-refractivity contribution in [2.75, 3.05) is 26.6 Å². The topological polar surface area (TPSA) is 157 Å². The number of rotatable bonds is 8. The van der Waals surface area contributed by atoms with Gasteiger partial charge in [-0.3, -0.25) is 13.9 Å². The van der Waals surface area contributed by atoms with E-state index in [9.17, 15) is 9.13 Å². The molecule has 16 heavy (non-hydrogen) atoms. The lowest BCUT2D eigenvalue weighted by molar-refractivity contribution is 0.0157. The van der Waals surface area contributed by atoms with Crippen LogP contribution in [0.2, 0.25) is 0 Å². The van der Waals surface area contributed by atoms with E-state index in [-0.39, 0.29) is 6.54 Å². The minimum atomic E-state index is -4.68. The fourth-order valence-electron chi connectivity index (χ4n) is 0.622. The van der Waals surface area contributed by atoms with Crippen LogP contribution in [0.25, 0.3) is 0 Å². The van der Waals surface area contributed by atoms with Gasteiger partial charge in [-0.25, -0.2) is 9.13 Å². The molecule has 0 spiro atoms. The van der Waals surface area contributed by atoms with E-state index in [4.69, 9.17) is 24.7 Å². The van der Waals surface area contributed by atoms with Gasteiger partial charge in [-0.05, 0) is 0 Å². The van der Waals surface area contributed by atoms with Crippen LogP contribution in [0.5, 0.6) is 0 Å². The van der Waals surface area contributed by atoms with E-state index in [1.54, 1.807) is 0 Å². The van der Waals surface area contributed by atoms with Gasteiger partial charge in [0.15, 0.2) is 0 Å². The van der Waals surface area contributed by atoms with Gasteiger partial charge in [0.05, 0.1) is 6.61 Å². The molecule has 0 saturated heterocycles. The van der Waals surface area contributed by atoms with E-state index in [1.165, 1.54) is 0 Å². The predicted molar refractivity (Wildman–Crippen MR) is 49.8 cm³/mol. The van der Waals surface area contributed by atoms with Gasteiger partial charge in [0, 0.05) is 6.54 Å². The Labute approximate surface area is 90.9 Å². The van der Waals surface area contributed by atoms with Gasteiger partial charge in [-0.1, -0.05) is 0 Å². The van der Waals surface area contributed by atoms with Crippen LogP contribution in [0.4, 0.5) is 0 Å². The summed E-state index contributed by atoms with van der Waals surface area (Å²) in [5.74, 6) is 0. The summed E-state index contributed by atoms with van der Waals surface area (Å²) in [6, 6.07) is 0. The van der Waals surface area contributed by atoms with Crippen LogP contribution in [0.15, 0.2) is 0 Å². The van der Waals surface area contributed by atoms with E-state index in [1.807, 2.05) is 0 Å². The predicted octanol–water partition coefficient (Wildman–Crippen LogP) is -1.59. The fourth-order valence-corrected chi connectivity index (χ4v) is 1.25. The first-order valence-electron chi connectivity index (χ1n) is 3.87. The SMILES string of the molecule is O=P(O)(O)OCN(CCO)COP(=O)(O)O. The minimum absolute atomic E-state index is 0.125. The third kappa shape index (κ3) is 10.7. The van der Waals surface area contributed by atoms with Crippen molar-refractivity contribution in [2.24, 2.45) is 0 Å². The Bertz CT molecular complexity index is 257. The van der Waals surface area contributed by atoms with Gasteiger partial charge < -0.3 is 24.7 Å². The van der Waals surface area contributed by atoms with Crippen LogP contribution in [0.3, 0.4) is 0 Å². The molecule has 0 heterocycles. The molecule has 0 fully saturated rings. The first kappa shape index (κ1) is 16.1. The smallest absolute Gasteiger partial charge is 0.395 e. The van der Waals surface area contributed by atoms with Crippen molar-refractivity contribution in [3.63, 3.8) is 0 Å². The molecular formula is C4H13NO9P2. The first-order chi connectivity index (χ1) is 7.14. The average molecular weight is 281 g/mol. The Kier molecular flexibility index (Phi) is 6.83. The molecule has 0 aromatic heterocycles. The Morgan fingerprint density at radius 3 is 1.56 bits per heavy atom. The summed E-state index contributed by atoms with van der Waals surface area (Å²) in [4.78, 5) is 34.4. The van der Waals surface area contributed by atoms with E-state index in [2.05, 4.69) is 9.05 Å². The maximum Gasteiger partial charge on any atom is 0.470 e. The third-order valence-electron chi connectivity index (χ3n) is 1.23. The summed E-state index contributed by atoms with van der Waals surface area (Å²) in [5, 5.41) is 8.55. The van der Waals surface area contributed by atoms with Gasteiger partial charge in [-0.15, -0.1) is 0 Å². The molecule has 12 heteroatoms. The maximum atomic E-state index is 10.3. The molecule has 0 bridgehead atoms. The molecule has 98 valence electrons. The van der Waals surface area contributed by atoms with Crippen molar-refractivity contribution in [3.05, 3.63) is 0 Å². The van der Waals surface area contributed by atoms with E-state index in [0.717, 1.165) is 4.90 Å². The van der Waals surface area contributed by atoms with Crippen molar-refractivity contribution in [1.29, 1.82) is 0 Å². The van der Waals surface area contributed by atoms with Crippen LogP contribution >= 0.6 is 15.6 Å². The van der Waals surface area contributed by atoms with Crippen molar-refractivity contribution in [3.8, 4) is 0 Å². The molecule has 0 amide bonds. The maximum absolute atomic E-state index is 10.3. The van der Waals surface area contributed by atoms with Gasteiger partial charge in [0.25, 0.3) is 0 Å². The number of hydrogen-bond donors (Lipinski definition) is 5. The van der Waals surface area contributed by atoms with Crippen molar-refractivity contribution < 1.29 is 42.9 Å². The monoisotopic (exact) mass is 281 g/mol. The van der Waals surface area contributed by atoms with Gasteiger partial charge in [0.2, 0.25) is 0 Å². The number of aliphatic hydroxyl groups excluding tert-OH is 1. The standard InChI is InChI=1S/C4H13NO9P2/c6-2-1-5(3-13-15(7,8)9)4-14-16(10,11)12/h6H,1-4H2,(H2,7,8,9)(H2,10,11,12). The summed E-state index contributed by atoms with van der Waals surface area (Å²) in [5.41, 5.74) is 0. The number of phosphoric acid groups is 2. The van der Waals surface area contributed by atoms with Crippen LogP contribution in [-0.4, -0.2) is 56.2 Å². The zero-order valence-electron chi connectivity index (χ0n) is 8.04. The molecule has 0 rings (SSSR count). The molecule has 0 atom stereocenters. The molecule has 0 saturated carbocycles. The molecule has 0 radical (unpaired) electrons. The molecule has 0 aromatic rings. The lowest BCUT2D eigenvalue weighted by atomic mass is 10.6. The Hall–Kier alpha value is 0.140. The zero-order valence-corrected chi connectivity index (χ0v) is 9.83. The number of nitrogens with zero attached hydrogens (tertiary/aromatic N) is 1. The van der Waals surface area contributed by atoms with Crippen LogP contribution < -0.4 is 0 Å². The molecule has 0 aromatic carbocycles. The number of aliphatic hydroxyl groups is 1. The molecule has 0 unspecified atom stereocenters. The highest BCUT2D eigenvalue weighted by Gasteiger charge is 2.20. The highest BCUT2D eigenvalue weighted by atomic mass is 31.2. The Morgan fingerprint density at radius 1 is 0.938 bits per heavy atom. The Balaban J connectivity index is 4.07. The largest absolute Gasteiger partial charge is 0.470 e. The van der Waals surface area contributed by atoms with E-state index in [0.29, 0.717) is 0 Å². The average Bonchev–Trinajstić information content (AvgIpc) is 2.07. The van der Waals surface area contributed by atoms with Crippen LogP contribution in [-0.2, 0) is 18.2 Å². The summed E-state index contributed by atoms with van der Waals surface area (Å²) in [6.45, 7) is -1.79. The minimum Gasteiger partial charge on any atom is -0.395 e. The second-order valence-corrected chi connectivity index (χ2v) is 5.09. The molecule has 0 aliphatic carbocycles. The van der Waals surface area contributed by atoms with Gasteiger partial charge in [0.1, 0.15) is 13.5 Å². The fraction of sp³-hybridized carbons (Fsp3) is 1.00. The second-order valence-electron chi connectivity index (χ2n) is 2.62. The van der Waals surface area contributed by atoms with Crippen molar-refractivity contribution in [2.45, 2.75) is 0 Å². The van der Waals surface area contributed by atoms with Crippen LogP contribution in [0.1, 0.15) is 0 Å². The summed E-state index contributed by atoms with van der Waals surface area (Å²) >= 11 is 0. The van der Waals surface area contributed by atoms with Gasteiger partial charge in [-0.2, -0.15) is 0 Å². The van der Waals surface area contributed by atoms with Crippen molar-refractivity contribution in [1.82, 2.24) is 4.90 Å². The lowest BCUT2D eigenvalue weighted by Crippen LogP contribution is -2.31.